The van der Waals surface area contributed by atoms with Crippen LogP contribution in [-0.2, 0) is 4.79 Å². The zero-order chi connectivity index (χ0) is 18.1. The second kappa shape index (κ2) is 5.62. The van der Waals surface area contributed by atoms with E-state index in [1.807, 2.05) is 26.8 Å². The molecule has 1 aromatic carbocycles. The maximum absolute atomic E-state index is 13.2. The van der Waals surface area contributed by atoms with Gasteiger partial charge in [0.05, 0.1) is 6.04 Å². The van der Waals surface area contributed by atoms with Crippen LogP contribution in [0.25, 0.3) is 0 Å². The van der Waals surface area contributed by atoms with Crippen LogP contribution in [0.4, 0.5) is 0 Å². The Morgan fingerprint density at radius 1 is 1.08 bits per heavy atom. The Morgan fingerprint density at radius 3 is 2.54 bits per heavy atom. The van der Waals surface area contributed by atoms with Crippen LogP contribution in [0.3, 0.4) is 0 Å². The Balaban J connectivity index is 1.53. The minimum absolute atomic E-state index is 0.296. The average molecular weight is 356 g/mol. The van der Waals surface area contributed by atoms with Crippen LogP contribution in [0.15, 0.2) is 18.2 Å². The number of likely N-dealkylation sites (tertiary alicyclic amines) is 1. The fourth-order valence-electron chi connectivity index (χ4n) is 5.52. The van der Waals surface area contributed by atoms with Gasteiger partial charge in [0, 0.05) is 23.9 Å². The van der Waals surface area contributed by atoms with Crippen molar-refractivity contribution in [2.24, 2.45) is 11.3 Å². The molecule has 5 aliphatic rings. The Labute approximate surface area is 155 Å². The molecule has 0 unspecified atom stereocenters. The molecule has 6 rings (SSSR count). The van der Waals surface area contributed by atoms with Crippen molar-refractivity contribution in [2.45, 2.75) is 51.6 Å². The average Bonchev–Trinajstić information content (AvgIpc) is 3.26. The fourth-order valence-corrected chi connectivity index (χ4v) is 5.52. The number of rotatable bonds is 1. The van der Waals surface area contributed by atoms with E-state index in [4.69, 9.17) is 9.47 Å². The van der Waals surface area contributed by atoms with Crippen molar-refractivity contribution in [3.05, 3.63) is 23.8 Å². The van der Waals surface area contributed by atoms with Crippen molar-refractivity contribution in [3.63, 3.8) is 0 Å². The van der Waals surface area contributed by atoms with Gasteiger partial charge in [0.2, 0.25) is 12.7 Å². The highest BCUT2D eigenvalue weighted by molar-refractivity contribution is 5.82. The van der Waals surface area contributed by atoms with E-state index in [2.05, 4.69) is 21.9 Å². The van der Waals surface area contributed by atoms with Gasteiger partial charge in [-0.25, -0.2) is 0 Å². The molecule has 0 aliphatic carbocycles. The fraction of sp³-hybridized carbons (Fsp3) is 0.667. The summed E-state index contributed by atoms with van der Waals surface area (Å²) in [6.45, 7) is 9.59. The lowest BCUT2D eigenvalue weighted by Gasteiger charge is -2.51. The highest BCUT2D eigenvalue weighted by Crippen LogP contribution is 2.48. The molecule has 2 bridgehead atoms. The molecule has 140 valence electrons. The maximum Gasteiger partial charge on any atom is 0.231 e. The van der Waals surface area contributed by atoms with Gasteiger partial charge in [0.15, 0.2) is 11.5 Å². The third kappa shape index (κ3) is 2.36. The van der Waals surface area contributed by atoms with Crippen molar-refractivity contribution in [2.75, 3.05) is 26.4 Å². The normalized spacial score (nSPS) is 34.9. The lowest BCUT2D eigenvalue weighted by Crippen LogP contribution is -2.61. The molecular weight excluding hydrogens is 328 g/mol. The van der Waals surface area contributed by atoms with Gasteiger partial charge in [-0.3, -0.25) is 9.69 Å². The number of amides is 1. The summed E-state index contributed by atoms with van der Waals surface area (Å²) < 4.78 is 11.1. The topological polar surface area (TPSA) is 42.0 Å². The smallest absolute Gasteiger partial charge is 0.231 e. The highest BCUT2D eigenvalue weighted by atomic mass is 16.7. The zero-order valence-electron chi connectivity index (χ0n) is 15.9. The summed E-state index contributed by atoms with van der Waals surface area (Å²) in [6.07, 6.45) is 2.45. The highest BCUT2D eigenvalue weighted by Gasteiger charge is 2.55. The summed E-state index contributed by atoms with van der Waals surface area (Å²) in [4.78, 5) is 18.1. The van der Waals surface area contributed by atoms with Gasteiger partial charge < -0.3 is 14.4 Å². The minimum atomic E-state index is -0.333. The molecule has 4 fully saturated rings. The first kappa shape index (κ1) is 16.4. The number of ether oxygens (including phenoxy) is 2. The Hall–Kier alpha value is -1.75. The van der Waals surface area contributed by atoms with Gasteiger partial charge in [-0.15, -0.1) is 0 Å². The third-order valence-corrected chi connectivity index (χ3v) is 6.72. The molecule has 0 aromatic heterocycles. The Bertz CT molecular complexity index is 733. The monoisotopic (exact) mass is 356 g/mol. The van der Waals surface area contributed by atoms with Gasteiger partial charge in [0.1, 0.15) is 0 Å². The van der Waals surface area contributed by atoms with Crippen molar-refractivity contribution in [1.29, 1.82) is 0 Å². The van der Waals surface area contributed by atoms with Gasteiger partial charge >= 0.3 is 0 Å². The SMILES string of the molecule is CC(C)(C)C(=O)N1C[C@@H](c2ccc3c(c2)OCO3)[C@@H]2[C@H]1C1CCN2CC1. The number of nitrogens with zero attached hydrogens (tertiary/aromatic N) is 2. The van der Waals surface area contributed by atoms with Gasteiger partial charge in [0.25, 0.3) is 0 Å². The van der Waals surface area contributed by atoms with Gasteiger partial charge in [-0.1, -0.05) is 26.8 Å². The van der Waals surface area contributed by atoms with E-state index < -0.39 is 0 Å². The Kier molecular flexibility index (Phi) is 3.55. The summed E-state index contributed by atoms with van der Waals surface area (Å²) in [5, 5.41) is 0. The van der Waals surface area contributed by atoms with E-state index in [1.54, 1.807) is 0 Å². The maximum atomic E-state index is 13.2. The van der Waals surface area contributed by atoms with E-state index >= 15 is 0 Å². The number of hydrogen-bond donors (Lipinski definition) is 0. The van der Waals surface area contributed by atoms with Crippen LogP contribution in [0.5, 0.6) is 11.5 Å². The molecule has 5 nitrogen and oxygen atoms in total. The van der Waals surface area contributed by atoms with E-state index in [1.165, 1.54) is 31.5 Å². The zero-order valence-corrected chi connectivity index (χ0v) is 15.9. The standard InChI is InChI=1S/C21H28N2O3/c1-21(2,3)20(24)23-11-15(14-4-5-16-17(10-14)26-12-25-16)19-18(23)13-6-8-22(19)9-7-13/h4-5,10,13,15,18-19H,6-9,11-12H2,1-3H3/t15-,18+,19+/m0/s1. The summed E-state index contributed by atoms with van der Waals surface area (Å²) >= 11 is 0. The minimum Gasteiger partial charge on any atom is -0.454 e. The molecule has 5 aliphatic heterocycles. The van der Waals surface area contributed by atoms with E-state index in [0.29, 0.717) is 36.6 Å². The van der Waals surface area contributed by atoms with E-state index in [-0.39, 0.29) is 5.41 Å². The second-order valence-corrected chi connectivity index (χ2v) is 9.28. The third-order valence-electron chi connectivity index (χ3n) is 6.72. The molecule has 26 heavy (non-hydrogen) atoms. The van der Waals surface area contributed by atoms with Gasteiger partial charge in [-0.05, 0) is 49.5 Å². The molecule has 0 radical (unpaired) electrons. The number of carbonyl (C=O) groups excluding carboxylic acids is 1. The molecule has 3 atom stereocenters. The first-order chi connectivity index (χ1) is 12.4. The van der Waals surface area contributed by atoms with E-state index in [0.717, 1.165) is 18.0 Å². The Morgan fingerprint density at radius 2 is 1.81 bits per heavy atom. The predicted molar refractivity (Wildman–Crippen MR) is 98.3 cm³/mol. The molecule has 5 heteroatoms. The summed E-state index contributed by atoms with van der Waals surface area (Å²) in [5.41, 5.74) is 0.946. The van der Waals surface area contributed by atoms with Crippen molar-refractivity contribution >= 4 is 5.91 Å². The van der Waals surface area contributed by atoms with Crippen LogP contribution in [-0.4, -0.2) is 54.2 Å². The summed E-state index contributed by atoms with van der Waals surface area (Å²) in [7, 11) is 0. The number of hydrogen-bond acceptors (Lipinski definition) is 4. The molecule has 0 N–H and O–H groups in total. The van der Waals surface area contributed by atoms with Crippen LogP contribution in [0, 0.1) is 11.3 Å². The lowest BCUT2D eigenvalue weighted by atomic mass is 9.75. The number of benzene rings is 1. The largest absolute Gasteiger partial charge is 0.454 e. The molecule has 4 saturated heterocycles. The first-order valence-electron chi connectivity index (χ1n) is 9.88. The van der Waals surface area contributed by atoms with Crippen LogP contribution in [0.2, 0.25) is 0 Å². The molecular formula is C21H28N2O3. The molecule has 1 aromatic rings. The van der Waals surface area contributed by atoms with Crippen LogP contribution in [0.1, 0.15) is 45.1 Å². The second-order valence-electron chi connectivity index (χ2n) is 9.28. The number of carbonyl (C=O) groups is 1. The first-order valence-corrected chi connectivity index (χ1v) is 9.88. The van der Waals surface area contributed by atoms with E-state index in [9.17, 15) is 4.79 Å². The van der Waals surface area contributed by atoms with Crippen LogP contribution >= 0.6 is 0 Å². The van der Waals surface area contributed by atoms with Crippen LogP contribution < -0.4 is 9.47 Å². The molecule has 1 amide bonds. The lowest BCUT2D eigenvalue weighted by molar-refractivity contribution is -0.144. The number of fused-ring (bicyclic) bond motifs is 3. The molecule has 0 spiro atoms. The summed E-state index contributed by atoms with van der Waals surface area (Å²) in [6, 6.07) is 7.13. The van der Waals surface area contributed by atoms with Crippen molar-refractivity contribution in [1.82, 2.24) is 9.80 Å². The van der Waals surface area contributed by atoms with Gasteiger partial charge in [-0.2, -0.15) is 0 Å². The van der Waals surface area contributed by atoms with Crippen molar-refractivity contribution in [3.8, 4) is 11.5 Å². The summed E-state index contributed by atoms with van der Waals surface area (Å²) in [5.74, 6) is 2.97. The molecule has 5 heterocycles. The molecule has 0 saturated carbocycles. The van der Waals surface area contributed by atoms with Crippen molar-refractivity contribution < 1.29 is 14.3 Å². The predicted octanol–water partition coefficient (Wildman–Crippen LogP) is 2.85. The number of piperidine rings is 3. The quantitative estimate of drug-likeness (QED) is 0.776.